The van der Waals surface area contributed by atoms with Gasteiger partial charge in [0, 0.05) is 37.6 Å². The Bertz CT molecular complexity index is 930. The molecule has 0 bridgehead atoms. The zero-order chi connectivity index (χ0) is 22.0. The predicted molar refractivity (Wildman–Crippen MR) is 123 cm³/mol. The molecule has 1 atom stereocenters. The average molecular weight is 446 g/mol. The quantitative estimate of drug-likeness (QED) is 0.592. The number of aliphatic hydroxyl groups excluding tert-OH is 1. The molecule has 1 aromatic rings. The molecule has 1 aliphatic carbocycles. The summed E-state index contributed by atoms with van der Waals surface area (Å²) in [5.41, 5.74) is 8.67. The number of aryl methyl sites for hydroxylation is 1. The molecule has 8 nitrogen and oxygen atoms in total. The molecule has 1 aromatic heterocycles. The second-order valence-corrected chi connectivity index (χ2v) is 9.75. The molecule has 1 unspecified atom stereocenters. The number of rotatable bonds is 5. The van der Waals surface area contributed by atoms with Crippen molar-refractivity contribution in [3.63, 3.8) is 0 Å². The van der Waals surface area contributed by atoms with Crippen LogP contribution in [-0.4, -0.2) is 78.7 Å². The minimum atomic E-state index is -0.995. The van der Waals surface area contributed by atoms with Gasteiger partial charge in [0.15, 0.2) is 0 Å². The van der Waals surface area contributed by atoms with Crippen molar-refractivity contribution in [2.75, 3.05) is 51.8 Å². The number of aliphatic imine (C=N–C) groups is 1. The number of fused-ring (bicyclic) bond motifs is 1. The van der Waals surface area contributed by atoms with E-state index in [1.165, 1.54) is 12.0 Å². The smallest absolute Gasteiger partial charge is 0.307 e. The number of hydrogen-bond acceptors (Lipinski definition) is 9. The van der Waals surface area contributed by atoms with Crippen LogP contribution in [-0.2, 0) is 9.53 Å². The van der Waals surface area contributed by atoms with E-state index in [1.807, 2.05) is 0 Å². The topological polar surface area (TPSA) is 103 Å². The first kappa shape index (κ1) is 22.0. The number of piperazine rings is 1. The molecule has 9 heteroatoms. The number of thiophene rings is 1. The lowest BCUT2D eigenvalue weighted by molar-refractivity contribution is -0.142. The highest BCUT2D eigenvalue weighted by Crippen LogP contribution is 2.35. The molecule has 0 saturated carbocycles. The van der Waals surface area contributed by atoms with Crippen LogP contribution in [0, 0.1) is 6.92 Å². The Morgan fingerprint density at radius 2 is 2.16 bits per heavy atom. The van der Waals surface area contributed by atoms with Gasteiger partial charge in [0.1, 0.15) is 10.8 Å². The lowest BCUT2D eigenvalue weighted by atomic mass is 9.96. The van der Waals surface area contributed by atoms with E-state index in [0.717, 1.165) is 66.8 Å². The molecule has 168 valence electrons. The molecule has 4 rings (SSSR count). The maximum absolute atomic E-state index is 11.7. The summed E-state index contributed by atoms with van der Waals surface area (Å²) in [6, 6.07) is 2.22. The van der Waals surface area contributed by atoms with Gasteiger partial charge in [-0.15, -0.1) is 11.3 Å². The molecule has 0 aromatic carbocycles. The molecule has 4 N–H and O–H groups in total. The summed E-state index contributed by atoms with van der Waals surface area (Å²) in [7, 11) is 1.34. The van der Waals surface area contributed by atoms with Crippen molar-refractivity contribution in [2.45, 2.75) is 31.7 Å². The van der Waals surface area contributed by atoms with E-state index in [4.69, 9.17) is 15.5 Å². The van der Waals surface area contributed by atoms with Crippen molar-refractivity contribution < 1.29 is 14.6 Å². The average Bonchev–Trinajstić information content (AvgIpc) is 3.05. The third-order valence-corrected chi connectivity index (χ3v) is 6.94. The van der Waals surface area contributed by atoms with Crippen LogP contribution in [0.25, 0.3) is 0 Å². The maximum atomic E-state index is 11.7. The summed E-state index contributed by atoms with van der Waals surface area (Å²) in [5, 5.41) is 14.5. The number of carbonyl (C=O) groups is 1. The fourth-order valence-electron chi connectivity index (χ4n) is 4.29. The Kier molecular flexibility index (Phi) is 6.47. The Hall–Kier alpha value is -2.20. The van der Waals surface area contributed by atoms with Crippen molar-refractivity contribution in [3.05, 3.63) is 40.1 Å². The lowest BCUT2D eigenvalue weighted by Gasteiger charge is -2.40. The highest BCUT2D eigenvalue weighted by molar-refractivity contribution is 7.16. The highest BCUT2D eigenvalue weighted by atomic mass is 32.1. The number of hydrogen-bond donors (Lipinski definition) is 3. The third-order valence-electron chi connectivity index (χ3n) is 5.98. The Morgan fingerprint density at radius 1 is 1.39 bits per heavy atom. The second-order valence-electron chi connectivity index (χ2n) is 8.50. The molecular formula is C22H31N5O3S. The number of nitrogens with two attached hydrogens (primary N) is 1. The molecule has 0 radical (unpaired) electrons. The number of methoxy groups -OCH3 is 1. The van der Waals surface area contributed by atoms with Crippen molar-refractivity contribution in [3.8, 4) is 0 Å². The number of amidine groups is 1. The molecule has 2 aliphatic heterocycles. The zero-order valence-electron chi connectivity index (χ0n) is 18.2. The first-order chi connectivity index (χ1) is 14.9. The van der Waals surface area contributed by atoms with E-state index in [9.17, 15) is 9.90 Å². The van der Waals surface area contributed by atoms with Crippen LogP contribution in [0.5, 0.6) is 0 Å². The minimum absolute atomic E-state index is 0.000577. The minimum Gasteiger partial charge on any atom is -0.469 e. The van der Waals surface area contributed by atoms with Crippen LogP contribution in [0.3, 0.4) is 0 Å². The van der Waals surface area contributed by atoms with Gasteiger partial charge in [-0.1, -0.05) is 6.08 Å². The fraction of sp³-hybridized carbons (Fsp3) is 0.545. The van der Waals surface area contributed by atoms with Crippen LogP contribution in [0.1, 0.15) is 29.7 Å². The largest absolute Gasteiger partial charge is 0.469 e. The van der Waals surface area contributed by atoms with E-state index >= 15 is 0 Å². The molecule has 31 heavy (non-hydrogen) atoms. The van der Waals surface area contributed by atoms with E-state index in [2.05, 4.69) is 40.3 Å². The van der Waals surface area contributed by atoms with Gasteiger partial charge in [0.25, 0.3) is 0 Å². The van der Waals surface area contributed by atoms with Gasteiger partial charge < -0.3 is 25.8 Å². The number of allylic oxidation sites excluding steroid dienone is 3. The number of carbonyl (C=O) groups excluding carboxylic acids is 1. The Labute approximate surface area is 187 Å². The molecular weight excluding hydrogens is 414 g/mol. The van der Waals surface area contributed by atoms with Crippen molar-refractivity contribution in [1.29, 1.82) is 0 Å². The first-order valence-corrected chi connectivity index (χ1v) is 11.5. The second kappa shape index (κ2) is 9.12. The van der Waals surface area contributed by atoms with Crippen molar-refractivity contribution >= 4 is 28.1 Å². The first-order valence-electron chi connectivity index (χ1n) is 10.7. The van der Waals surface area contributed by atoms with E-state index in [-0.39, 0.29) is 13.0 Å². The summed E-state index contributed by atoms with van der Waals surface area (Å²) in [4.78, 5) is 22.6. The summed E-state index contributed by atoms with van der Waals surface area (Å²) >= 11 is 1.76. The van der Waals surface area contributed by atoms with Crippen molar-refractivity contribution in [2.24, 2.45) is 10.7 Å². The Morgan fingerprint density at radius 3 is 2.87 bits per heavy atom. The van der Waals surface area contributed by atoms with Gasteiger partial charge in [-0.25, -0.2) is 4.99 Å². The molecule has 3 aliphatic rings. The SMILES string of the molecule is COC(=O)CC(N)(CO)CN1CCN(C2=NC3=C(C=CCC3)Nc3sc(C)cc32)CC1. The summed E-state index contributed by atoms with van der Waals surface area (Å²) in [6.45, 7) is 5.51. The molecule has 0 spiro atoms. The summed E-state index contributed by atoms with van der Waals surface area (Å²) < 4.78 is 4.74. The number of anilines is 1. The van der Waals surface area contributed by atoms with Crippen LogP contribution in [0.4, 0.5) is 5.00 Å². The molecule has 1 fully saturated rings. The Balaban J connectivity index is 1.49. The number of ether oxygens (including phenoxy) is 1. The predicted octanol–water partition coefficient (Wildman–Crippen LogP) is 1.66. The summed E-state index contributed by atoms with van der Waals surface area (Å²) in [5.74, 6) is 0.629. The van der Waals surface area contributed by atoms with Gasteiger partial charge in [0.2, 0.25) is 0 Å². The lowest BCUT2D eigenvalue weighted by Crippen LogP contribution is -2.58. The van der Waals surface area contributed by atoms with Crippen LogP contribution < -0.4 is 11.1 Å². The maximum Gasteiger partial charge on any atom is 0.307 e. The number of nitrogens with one attached hydrogen (secondary N) is 1. The molecule has 0 amide bonds. The van der Waals surface area contributed by atoms with E-state index < -0.39 is 11.5 Å². The summed E-state index contributed by atoms with van der Waals surface area (Å²) in [6.07, 6.45) is 6.28. The van der Waals surface area contributed by atoms with Crippen LogP contribution in [0.2, 0.25) is 0 Å². The standard InChI is InChI=1S/C22H31N5O3S/c1-15-11-16-20(24-17-5-3-4-6-18(17)25-21(16)31-15)27-9-7-26(8-10-27)13-22(23,14-28)12-19(29)30-2/h4,6,11,25,28H,3,5,7-10,12-14,23H2,1-2H3. The number of aliphatic hydroxyl groups is 1. The van der Waals surface area contributed by atoms with Crippen LogP contribution >= 0.6 is 11.3 Å². The van der Waals surface area contributed by atoms with Gasteiger partial charge in [-0.05, 0) is 31.9 Å². The molecule has 3 heterocycles. The number of nitrogens with zero attached hydrogens (tertiary/aromatic N) is 3. The van der Waals surface area contributed by atoms with E-state index in [1.54, 1.807) is 11.3 Å². The van der Waals surface area contributed by atoms with E-state index in [0.29, 0.717) is 6.54 Å². The van der Waals surface area contributed by atoms with Crippen LogP contribution in [0.15, 0.2) is 34.6 Å². The van der Waals surface area contributed by atoms with Crippen molar-refractivity contribution in [1.82, 2.24) is 9.80 Å². The monoisotopic (exact) mass is 445 g/mol. The van der Waals surface area contributed by atoms with Gasteiger partial charge in [-0.3, -0.25) is 9.69 Å². The highest BCUT2D eigenvalue weighted by Gasteiger charge is 2.33. The molecule has 1 saturated heterocycles. The third kappa shape index (κ3) is 4.85. The van der Waals surface area contributed by atoms with Gasteiger partial charge in [-0.2, -0.15) is 0 Å². The zero-order valence-corrected chi connectivity index (χ0v) is 19.0. The van der Waals surface area contributed by atoms with Gasteiger partial charge >= 0.3 is 5.97 Å². The van der Waals surface area contributed by atoms with Gasteiger partial charge in [0.05, 0.1) is 42.6 Å². The fourth-order valence-corrected chi connectivity index (χ4v) is 5.21. The normalized spacial score (nSPS) is 20.9. The number of esters is 1.